The number of aromatic nitrogens is 2. The molecule has 4 rings (SSSR count). The lowest BCUT2D eigenvalue weighted by Crippen LogP contribution is -2.31. The summed E-state index contributed by atoms with van der Waals surface area (Å²) in [5.41, 5.74) is 3.88. The van der Waals surface area contributed by atoms with Gasteiger partial charge in [-0.25, -0.2) is 0 Å². The van der Waals surface area contributed by atoms with E-state index < -0.39 is 0 Å². The van der Waals surface area contributed by atoms with E-state index in [-0.39, 0.29) is 11.9 Å². The molecule has 5 nitrogen and oxygen atoms in total. The minimum absolute atomic E-state index is 0.0863. The molecule has 28 heavy (non-hydrogen) atoms. The van der Waals surface area contributed by atoms with Crippen molar-refractivity contribution in [3.8, 4) is 11.3 Å². The number of amides is 1. The van der Waals surface area contributed by atoms with Gasteiger partial charge in [0.05, 0.1) is 11.7 Å². The van der Waals surface area contributed by atoms with Crippen LogP contribution in [0, 0.1) is 0 Å². The van der Waals surface area contributed by atoms with Crippen LogP contribution >= 0.6 is 23.2 Å². The van der Waals surface area contributed by atoms with Gasteiger partial charge in [0, 0.05) is 41.4 Å². The lowest BCUT2D eigenvalue weighted by molar-refractivity contribution is 0.0723. The molecule has 1 unspecified atom stereocenters. The first-order chi connectivity index (χ1) is 13.6. The van der Waals surface area contributed by atoms with Gasteiger partial charge in [-0.15, -0.1) is 0 Å². The van der Waals surface area contributed by atoms with E-state index in [9.17, 15) is 4.79 Å². The number of ether oxygens (including phenoxy) is 1. The Morgan fingerprint density at radius 2 is 1.96 bits per heavy atom. The van der Waals surface area contributed by atoms with Gasteiger partial charge in [-0.2, -0.15) is 5.10 Å². The van der Waals surface area contributed by atoms with E-state index >= 15 is 0 Å². The standard InChI is InChI=1S/C21H19Cl2N3O2/c1-28-11-5-10-26-20(15-9-8-14(22)12-16(15)23)17-18(13-6-3-2-4-7-13)24-25-19(17)21(26)27/h2-4,6-9,12,20H,5,10-11H2,1H3,(H,24,25). The molecule has 0 saturated heterocycles. The van der Waals surface area contributed by atoms with E-state index in [2.05, 4.69) is 10.2 Å². The third-order valence-corrected chi connectivity index (χ3v) is 5.48. The normalized spacial score (nSPS) is 15.9. The molecule has 2 heterocycles. The fourth-order valence-corrected chi connectivity index (χ4v) is 4.18. The Labute approximate surface area is 173 Å². The second kappa shape index (κ2) is 7.95. The first kappa shape index (κ1) is 19.0. The van der Waals surface area contributed by atoms with Gasteiger partial charge in [0.15, 0.2) is 0 Å². The predicted octanol–water partition coefficient (Wildman–Crippen LogP) is 4.97. The molecule has 1 atom stereocenters. The minimum Gasteiger partial charge on any atom is -0.385 e. The van der Waals surface area contributed by atoms with Gasteiger partial charge in [0.25, 0.3) is 5.91 Å². The smallest absolute Gasteiger partial charge is 0.273 e. The van der Waals surface area contributed by atoms with Gasteiger partial charge in [0.2, 0.25) is 0 Å². The van der Waals surface area contributed by atoms with Crippen molar-refractivity contribution in [3.05, 3.63) is 75.4 Å². The highest BCUT2D eigenvalue weighted by atomic mass is 35.5. The van der Waals surface area contributed by atoms with Crippen LogP contribution in [0.25, 0.3) is 11.3 Å². The number of rotatable bonds is 6. The van der Waals surface area contributed by atoms with Crippen LogP contribution in [-0.4, -0.2) is 41.3 Å². The molecule has 144 valence electrons. The molecule has 1 aromatic heterocycles. The highest BCUT2D eigenvalue weighted by Gasteiger charge is 2.42. The number of hydrogen-bond acceptors (Lipinski definition) is 3. The number of aromatic amines is 1. The number of nitrogens with zero attached hydrogens (tertiary/aromatic N) is 2. The Morgan fingerprint density at radius 1 is 1.18 bits per heavy atom. The molecule has 0 saturated carbocycles. The third-order valence-electron chi connectivity index (χ3n) is 4.92. The second-order valence-electron chi connectivity index (χ2n) is 6.64. The molecule has 0 spiro atoms. The number of halogens is 2. The van der Waals surface area contributed by atoms with Crippen LogP contribution in [0.1, 0.15) is 34.1 Å². The van der Waals surface area contributed by atoms with Crippen LogP contribution in [0.2, 0.25) is 10.0 Å². The minimum atomic E-state index is -0.335. The molecule has 1 amide bonds. The molecular formula is C21H19Cl2N3O2. The summed E-state index contributed by atoms with van der Waals surface area (Å²) in [5.74, 6) is -0.0863. The van der Waals surface area contributed by atoms with E-state index in [4.69, 9.17) is 27.9 Å². The van der Waals surface area contributed by atoms with Gasteiger partial charge >= 0.3 is 0 Å². The Balaban J connectivity index is 1.85. The summed E-state index contributed by atoms with van der Waals surface area (Å²) < 4.78 is 5.17. The Bertz CT molecular complexity index is 1000. The SMILES string of the molecule is COCCCN1C(=O)c2[nH]nc(-c3ccccc3)c2C1c1ccc(Cl)cc1Cl. The van der Waals surface area contributed by atoms with Crippen molar-refractivity contribution in [2.45, 2.75) is 12.5 Å². The van der Waals surface area contributed by atoms with Crippen LogP contribution in [0.5, 0.6) is 0 Å². The van der Waals surface area contributed by atoms with Crippen LogP contribution in [0.4, 0.5) is 0 Å². The fraction of sp³-hybridized carbons (Fsp3) is 0.238. The van der Waals surface area contributed by atoms with E-state index in [1.54, 1.807) is 19.2 Å². The van der Waals surface area contributed by atoms with Crippen LogP contribution in [0.3, 0.4) is 0 Å². The van der Waals surface area contributed by atoms with Crippen molar-refractivity contribution in [1.82, 2.24) is 15.1 Å². The van der Waals surface area contributed by atoms with Crippen molar-refractivity contribution in [3.63, 3.8) is 0 Å². The maximum atomic E-state index is 13.1. The summed E-state index contributed by atoms with van der Waals surface area (Å²) in [4.78, 5) is 15.0. The molecule has 0 aliphatic carbocycles. The number of benzene rings is 2. The van der Waals surface area contributed by atoms with Crippen LogP contribution in [0.15, 0.2) is 48.5 Å². The van der Waals surface area contributed by atoms with Gasteiger partial charge in [-0.1, -0.05) is 59.6 Å². The fourth-order valence-electron chi connectivity index (χ4n) is 3.67. The molecule has 0 radical (unpaired) electrons. The van der Waals surface area contributed by atoms with Crippen LogP contribution < -0.4 is 0 Å². The quantitative estimate of drug-likeness (QED) is 0.578. The number of H-pyrrole nitrogens is 1. The average Bonchev–Trinajstić information content (AvgIpc) is 3.23. The van der Waals surface area contributed by atoms with Gasteiger partial charge < -0.3 is 9.64 Å². The van der Waals surface area contributed by atoms with Crippen molar-refractivity contribution in [2.75, 3.05) is 20.3 Å². The van der Waals surface area contributed by atoms with Gasteiger partial charge in [-0.3, -0.25) is 9.89 Å². The molecule has 0 fully saturated rings. The lowest BCUT2D eigenvalue weighted by atomic mass is 9.96. The van der Waals surface area contributed by atoms with Crippen molar-refractivity contribution in [2.24, 2.45) is 0 Å². The predicted molar refractivity (Wildman–Crippen MR) is 110 cm³/mol. The van der Waals surface area contributed by atoms with Gasteiger partial charge in [0.1, 0.15) is 5.69 Å². The summed E-state index contributed by atoms with van der Waals surface area (Å²) >= 11 is 12.6. The Morgan fingerprint density at radius 3 is 2.68 bits per heavy atom. The number of methoxy groups -OCH3 is 1. The highest BCUT2D eigenvalue weighted by molar-refractivity contribution is 6.35. The summed E-state index contributed by atoms with van der Waals surface area (Å²) in [5, 5.41) is 8.47. The lowest BCUT2D eigenvalue weighted by Gasteiger charge is -2.27. The number of carbonyl (C=O) groups excluding carboxylic acids is 1. The number of fused-ring (bicyclic) bond motifs is 1. The Hall–Kier alpha value is -2.34. The van der Waals surface area contributed by atoms with Crippen molar-refractivity contribution >= 4 is 29.1 Å². The highest BCUT2D eigenvalue weighted by Crippen LogP contribution is 2.45. The van der Waals surface area contributed by atoms with E-state index in [1.807, 2.05) is 41.3 Å². The second-order valence-corrected chi connectivity index (χ2v) is 7.48. The summed E-state index contributed by atoms with van der Waals surface area (Å²) in [7, 11) is 1.65. The largest absolute Gasteiger partial charge is 0.385 e. The first-order valence-electron chi connectivity index (χ1n) is 9.00. The van der Waals surface area contributed by atoms with E-state index in [0.29, 0.717) is 28.9 Å². The number of carbonyl (C=O) groups is 1. The molecule has 2 aromatic carbocycles. The summed E-state index contributed by atoms with van der Waals surface area (Å²) in [6.45, 7) is 1.12. The zero-order valence-corrected chi connectivity index (χ0v) is 16.8. The maximum absolute atomic E-state index is 13.1. The topological polar surface area (TPSA) is 58.2 Å². The number of nitrogens with one attached hydrogen (secondary N) is 1. The summed E-state index contributed by atoms with van der Waals surface area (Å²) in [6, 6.07) is 14.9. The molecule has 1 aliphatic heterocycles. The third kappa shape index (κ3) is 3.30. The molecule has 1 aliphatic rings. The first-order valence-corrected chi connectivity index (χ1v) is 9.76. The van der Waals surface area contributed by atoms with Crippen molar-refractivity contribution in [1.29, 1.82) is 0 Å². The molecule has 0 bridgehead atoms. The zero-order chi connectivity index (χ0) is 19.7. The van der Waals surface area contributed by atoms with E-state index in [0.717, 1.165) is 28.8 Å². The molecule has 3 aromatic rings. The molecule has 1 N–H and O–H groups in total. The summed E-state index contributed by atoms with van der Waals surface area (Å²) in [6.07, 6.45) is 0.725. The van der Waals surface area contributed by atoms with Gasteiger partial charge in [-0.05, 0) is 24.1 Å². The Kier molecular flexibility index (Phi) is 5.40. The zero-order valence-electron chi connectivity index (χ0n) is 15.3. The number of hydrogen-bond donors (Lipinski definition) is 1. The molecule has 7 heteroatoms. The average molecular weight is 416 g/mol. The van der Waals surface area contributed by atoms with Crippen molar-refractivity contribution < 1.29 is 9.53 Å². The van der Waals surface area contributed by atoms with E-state index in [1.165, 1.54) is 0 Å². The molecular weight excluding hydrogens is 397 g/mol. The van der Waals surface area contributed by atoms with Crippen LogP contribution in [-0.2, 0) is 4.74 Å². The monoisotopic (exact) mass is 415 g/mol. The maximum Gasteiger partial charge on any atom is 0.273 e.